The molecule has 2 aliphatic heterocycles. The quantitative estimate of drug-likeness (QED) is 0.645. The van der Waals surface area contributed by atoms with Crippen LogP contribution in [-0.4, -0.2) is 60.9 Å². The van der Waals surface area contributed by atoms with Gasteiger partial charge in [0.05, 0.1) is 18.8 Å². The average Bonchev–Trinajstić information content (AvgIpc) is 3.16. The van der Waals surface area contributed by atoms with E-state index in [2.05, 4.69) is 27.7 Å². The van der Waals surface area contributed by atoms with Crippen LogP contribution in [0.25, 0.3) is 0 Å². The number of carbonyl (C=O) groups is 1. The Hall–Kier alpha value is -1.47. The van der Waals surface area contributed by atoms with E-state index < -0.39 is 0 Å². The molecule has 6 heteroatoms. The largest absolute Gasteiger partial charge is 0.393 e. The molecule has 2 heterocycles. The van der Waals surface area contributed by atoms with E-state index in [0.717, 1.165) is 64.0 Å². The highest BCUT2D eigenvalue weighted by molar-refractivity contribution is 5.78. The van der Waals surface area contributed by atoms with Gasteiger partial charge in [0.15, 0.2) is 0 Å². The van der Waals surface area contributed by atoms with Crippen molar-refractivity contribution >= 4 is 5.91 Å². The van der Waals surface area contributed by atoms with Crippen molar-refractivity contribution < 1.29 is 14.6 Å². The molecular formula is C20H31N3O3. The smallest absolute Gasteiger partial charge is 0.234 e. The molecule has 2 aliphatic rings. The number of nitrogens with one attached hydrogen (secondary N) is 2. The first-order chi connectivity index (χ1) is 12.7. The SMILES string of the molecule is O=C(CNCC1CCCO1)NCc1ccccc1CN1CCC(O)CC1. The number of aliphatic hydroxyl groups excluding tert-OH is 1. The van der Waals surface area contributed by atoms with Crippen LogP contribution in [0.5, 0.6) is 0 Å². The van der Waals surface area contributed by atoms with Crippen LogP contribution in [-0.2, 0) is 22.6 Å². The predicted octanol–water partition coefficient (Wildman–Crippen LogP) is 1.03. The molecule has 3 rings (SSSR count). The van der Waals surface area contributed by atoms with Gasteiger partial charge in [-0.05, 0) is 36.8 Å². The molecule has 2 saturated heterocycles. The Bertz CT molecular complexity index is 567. The number of hydrogen-bond acceptors (Lipinski definition) is 5. The van der Waals surface area contributed by atoms with Gasteiger partial charge < -0.3 is 20.5 Å². The summed E-state index contributed by atoms with van der Waals surface area (Å²) in [5.41, 5.74) is 2.41. The van der Waals surface area contributed by atoms with E-state index in [0.29, 0.717) is 13.1 Å². The molecule has 0 spiro atoms. The van der Waals surface area contributed by atoms with Crippen molar-refractivity contribution in [1.29, 1.82) is 0 Å². The molecule has 0 aliphatic carbocycles. The van der Waals surface area contributed by atoms with Crippen LogP contribution >= 0.6 is 0 Å². The Morgan fingerprint density at radius 3 is 2.69 bits per heavy atom. The van der Waals surface area contributed by atoms with Gasteiger partial charge in [0, 0.05) is 39.3 Å². The molecule has 0 aromatic heterocycles. The van der Waals surface area contributed by atoms with Gasteiger partial charge >= 0.3 is 0 Å². The molecule has 0 bridgehead atoms. The summed E-state index contributed by atoms with van der Waals surface area (Å²) in [5.74, 6) is 0.0129. The zero-order valence-corrected chi connectivity index (χ0v) is 15.5. The summed E-state index contributed by atoms with van der Waals surface area (Å²) in [6, 6.07) is 8.26. The third kappa shape index (κ3) is 6.06. The second-order valence-electron chi connectivity index (χ2n) is 7.32. The van der Waals surface area contributed by atoms with Crippen LogP contribution in [0.4, 0.5) is 0 Å². The fourth-order valence-electron chi connectivity index (χ4n) is 3.61. The van der Waals surface area contributed by atoms with E-state index in [1.54, 1.807) is 0 Å². The van der Waals surface area contributed by atoms with Crippen molar-refractivity contribution in [3.8, 4) is 0 Å². The van der Waals surface area contributed by atoms with Crippen molar-refractivity contribution in [3.63, 3.8) is 0 Å². The summed E-state index contributed by atoms with van der Waals surface area (Å²) in [4.78, 5) is 14.4. The number of benzene rings is 1. The number of piperidine rings is 1. The highest BCUT2D eigenvalue weighted by Gasteiger charge is 2.18. The number of likely N-dealkylation sites (tertiary alicyclic amines) is 1. The van der Waals surface area contributed by atoms with E-state index in [-0.39, 0.29) is 18.1 Å². The maximum Gasteiger partial charge on any atom is 0.234 e. The summed E-state index contributed by atoms with van der Waals surface area (Å²) in [6.45, 7) is 5.18. The molecule has 0 radical (unpaired) electrons. The number of amides is 1. The maximum atomic E-state index is 12.1. The van der Waals surface area contributed by atoms with Gasteiger partial charge in [0.1, 0.15) is 0 Å². The Balaban J connectivity index is 1.41. The number of carbonyl (C=O) groups excluding carboxylic acids is 1. The van der Waals surface area contributed by atoms with E-state index in [9.17, 15) is 9.90 Å². The summed E-state index contributed by atoms with van der Waals surface area (Å²) in [6.07, 6.45) is 3.99. The first-order valence-corrected chi connectivity index (χ1v) is 9.77. The van der Waals surface area contributed by atoms with Gasteiger partial charge in [-0.2, -0.15) is 0 Å². The Kier molecular flexibility index (Phi) is 7.43. The predicted molar refractivity (Wildman–Crippen MR) is 101 cm³/mol. The van der Waals surface area contributed by atoms with E-state index >= 15 is 0 Å². The highest BCUT2D eigenvalue weighted by Crippen LogP contribution is 2.16. The average molecular weight is 361 g/mol. The number of rotatable bonds is 8. The van der Waals surface area contributed by atoms with Crippen molar-refractivity contribution in [1.82, 2.24) is 15.5 Å². The molecule has 1 aromatic rings. The van der Waals surface area contributed by atoms with E-state index in [1.807, 2.05) is 12.1 Å². The number of hydrogen-bond donors (Lipinski definition) is 3. The van der Waals surface area contributed by atoms with E-state index in [4.69, 9.17) is 4.74 Å². The Morgan fingerprint density at radius 2 is 1.96 bits per heavy atom. The standard InChI is InChI=1S/C20H31N3O3/c24-18-7-9-23(10-8-18)15-17-5-2-1-4-16(17)12-22-20(25)14-21-13-19-6-3-11-26-19/h1-2,4-5,18-19,21,24H,3,6-15H2,(H,22,25). The molecule has 3 N–H and O–H groups in total. The zero-order valence-electron chi connectivity index (χ0n) is 15.5. The topological polar surface area (TPSA) is 73.8 Å². The van der Waals surface area contributed by atoms with E-state index in [1.165, 1.54) is 5.56 Å². The summed E-state index contributed by atoms with van der Waals surface area (Å²) in [7, 11) is 0. The number of aliphatic hydroxyl groups is 1. The lowest BCUT2D eigenvalue weighted by atomic mass is 10.0. The molecule has 0 saturated carbocycles. The van der Waals surface area contributed by atoms with Crippen molar-refractivity contribution in [3.05, 3.63) is 35.4 Å². The summed E-state index contributed by atoms with van der Waals surface area (Å²) < 4.78 is 5.54. The van der Waals surface area contributed by atoms with Gasteiger partial charge in [0.25, 0.3) is 0 Å². The van der Waals surface area contributed by atoms with Crippen molar-refractivity contribution in [2.45, 2.75) is 51.0 Å². The molecule has 1 unspecified atom stereocenters. The molecular weight excluding hydrogens is 330 g/mol. The van der Waals surface area contributed by atoms with Gasteiger partial charge in [0.2, 0.25) is 5.91 Å². The zero-order chi connectivity index (χ0) is 18.2. The maximum absolute atomic E-state index is 12.1. The van der Waals surface area contributed by atoms with Crippen LogP contribution < -0.4 is 10.6 Å². The van der Waals surface area contributed by atoms with Crippen LogP contribution in [0.1, 0.15) is 36.8 Å². The molecule has 1 amide bonds. The number of ether oxygens (including phenoxy) is 1. The monoisotopic (exact) mass is 361 g/mol. The lowest BCUT2D eigenvalue weighted by Crippen LogP contribution is -2.37. The van der Waals surface area contributed by atoms with Gasteiger partial charge in [-0.15, -0.1) is 0 Å². The van der Waals surface area contributed by atoms with Crippen LogP contribution in [0.2, 0.25) is 0 Å². The molecule has 2 fully saturated rings. The minimum absolute atomic E-state index is 0.0129. The second kappa shape index (κ2) is 10.0. The lowest BCUT2D eigenvalue weighted by Gasteiger charge is -2.30. The first-order valence-electron chi connectivity index (χ1n) is 9.77. The Morgan fingerprint density at radius 1 is 1.19 bits per heavy atom. The van der Waals surface area contributed by atoms with Crippen molar-refractivity contribution in [2.24, 2.45) is 0 Å². The first kappa shape index (κ1) is 19.3. The van der Waals surface area contributed by atoms with Crippen LogP contribution in [0.3, 0.4) is 0 Å². The summed E-state index contributed by atoms with van der Waals surface area (Å²) in [5, 5.41) is 15.8. The third-order valence-electron chi connectivity index (χ3n) is 5.23. The number of nitrogens with zero attached hydrogens (tertiary/aromatic N) is 1. The second-order valence-corrected chi connectivity index (χ2v) is 7.32. The normalized spacial score (nSPS) is 21.8. The van der Waals surface area contributed by atoms with Crippen LogP contribution in [0, 0.1) is 0 Å². The molecule has 6 nitrogen and oxygen atoms in total. The minimum atomic E-state index is -0.150. The summed E-state index contributed by atoms with van der Waals surface area (Å²) >= 11 is 0. The molecule has 26 heavy (non-hydrogen) atoms. The van der Waals surface area contributed by atoms with Crippen molar-refractivity contribution in [2.75, 3.05) is 32.8 Å². The molecule has 1 aromatic carbocycles. The molecule has 144 valence electrons. The fourth-order valence-corrected chi connectivity index (χ4v) is 3.61. The molecule has 1 atom stereocenters. The minimum Gasteiger partial charge on any atom is -0.393 e. The van der Waals surface area contributed by atoms with Gasteiger partial charge in [-0.25, -0.2) is 0 Å². The fraction of sp³-hybridized carbons (Fsp3) is 0.650. The van der Waals surface area contributed by atoms with Gasteiger partial charge in [-0.1, -0.05) is 24.3 Å². The highest BCUT2D eigenvalue weighted by atomic mass is 16.5. The van der Waals surface area contributed by atoms with Gasteiger partial charge in [-0.3, -0.25) is 9.69 Å². The Labute approximate surface area is 155 Å². The lowest BCUT2D eigenvalue weighted by molar-refractivity contribution is -0.120. The third-order valence-corrected chi connectivity index (χ3v) is 5.23. The van der Waals surface area contributed by atoms with Crippen LogP contribution in [0.15, 0.2) is 24.3 Å².